The minimum Gasteiger partial charge on any atom is -0.493 e. The lowest BCUT2D eigenvalue weighted by atomic mass is 10.0. The second-order valence-electron chi connectivity index (χ2n) is 7.85. The van der Waals surface area contributed by atoms with Crippen LogP contribution in [-0.4, -0.2) is 50.9 Å². The molecule has 0 saturated carbocycles. The van der Waals surface area contributed by atoms with Gasteiger partial charge < -0.3 is 25.6 Å². The van der Waals surface area contributed by atoms with E-state index in [2.05, 4.69) is 20.4 Å². The van der Waals surface area contributed by atoms with E-state index in [0.29, 0.717) is 11.3 Å². The fraction of sp³-hybridized carbons (Fsp3) is 0.160. The van der Waals surface area contributed by atoms with E-state index in [1.165, 1.54) is 32.5 Å². The van der Waals surface area contributed by atoms with E-state index in [1.54, 1.807) is 24.3 Å². The summed E-state index contributed by atoms with van der Waals surface area (Å²) in [6.07, 6.45) is 1.32. The summed E-state index contributed by atoms with van der Waals surface area (Å²) in [6, 6.07) is 10.5. The Kier molecular flexibility index (Phi) is 8.94. The number of hydrogen-bond acceptors (Lipinski definition) is 8. The fourth-order valence-corrected chi connectivity index (χ4v) is 3.44. The van der Waals surface area contributed by atoms with Gasteiger partial charge in [0.15, 0.2) is 29.0 Å². The molecule has 0 radical (unpaired) electrons. The molecule has 0 unspecified atom stereocenters. The lowest BCUT2D eigenvalue weighted by Gasteiger charge is -2.20. The molecule has 6 N–H and O–H groups in total. The van der Waals surface area contributed by atoms with Crippen LogP contribution in [0, 0.1) is 17.0 Å². The average Bonchev–Trinajstić information content (AvgIpc) is 3.28. The molecular weight excluding hydrogens is 516 g/mol. The SMILES string of the molecule is CC(=O)O.COc1cc(F)c([C@H](Nc2ccc(C(=N)N)cc2)c2nn(-c3ncccc3F)c(=O)[nH]2)cc1OC. The van der Waals surface area contributed by atoms with Crippen molar-refractivity contribution in [1.29, 1.82) is 5.41 Å². The van der Waals surface area contributed by atoms with Gasteiger partial charge in [0.2, 0.25) is 0 Å². The lowest BCUT2D eigenvalue weighted by molar-refractivity contribution is -0.134. The second-order valence-corrected chi connectivity index (χ2v) is 7.85. The topological polar surface area (TPSA) is 181 Å². The molecule has 0 saturated heterocycles. The van der Waals surface area contributed by atoms with E-state index in [4.69, 9.17) is 30.5 Å². The van der Waals surface area contributed by atoms with Gasteiger partial charge in [0, 0.05) is 36.0 Å². The number of ether oxygens (including phenoxy) is 2. The molecule has 0 aliphatic heterocycles. The Morgan fingerprint density at radius 1 is 1.13 bits per heavy atom. The number of carboxylic acids is 1. The molecule has 0 fully saturated rings. The molecule has 2 aromatic carbocycles. The Balaban J connectivity index is 0.000000983. The van der Waals surface area contributed by atoms with Crippen LogP contribution in [0.25, 0.3) is 5.82 Å². The van der Waals surface area contributed by atoms with Crippen molar-refractivity contribution >= 4 is 17.5 Å². The second kappa shape index (κ2) is 12.3. The van der Waals surface area contributed by atoms with Crippen molar-refractivity contribution in [2.24, 2.45) is 5.73 Å². The molecule has 0 spiro atoms. The van der Waals surface area contributed by atoms with Gasteiger partial charge >= 0.3 is 5.69 Å². The number of aliphatic carboxylic acids is 1. The number of anilines is 1. The number of carboxylic acid groups (broad SMARTS) is 1. The van der Waals surface area contributed by atoms with Gasteiger partial charge in [-0.05, 0) is 42.5 Å². The number of aromatic amines is 1. The highest BCUT2D eigenvalue weighted by Crippen LogP contribution is 2.35. The third kappa shape index (κ3) is 6.74. The summed E-state index contributed by atoms with van der Waals surface area (Å²) in [5.41, 5.74) is 5.82. The van der Waals surface area contributed by atoms with Crippen LogP contribution in [0.1, 0.15) is 29.9 Å². The van der Waals surface area contributed by atoms with Crippen LogP contribution in [0.5, 0.6) is 11.5 Å². The maximum atomic E-state index is 15.2. The normalized spacial score (nSPS) is 11.1. The Hall–Kier alpha value is -5.27. The number of benzene rings is 2. The zero-order valence-corrected chi connectivity index (χ0v) is 21.0. The van der Waals surface area contributed by atoms with Crippen molar-refractivity contribution in [3.05, 3.63) is 93.8 Å². The number of nitrogen functional groups attached to an aromatic ring is 1. The molecule has 2 heterocycles. The lowest BCUT2D eigenvalue weighted by Crippen LogP contribution is -2.18. The van der Waals surface area contributed by atoms with Gasteiger partial charge in [0.05, 0.1) is 14.2 Å². The van der Waals surface area contributed by atoms with E-state index < -0.39 is 29.3 Å². The van der Waals surface area contributed by atoms with Crippen LogP contribution < -0.4 is 26.2 Å². The van der Waals surface area contributed by atoms with Gasteiger partial charge in [-0.25, -0.2) is 18.6 Å². The molecule has 0 aliphatic rings. The zero-order chi connectivity index (χ0) is 28.7. The average molecular weight is 542 g/mol. The number of pyridine rings is 1. The first-order valence-electron chi connectivity index (χ1n) is 11.2. The Morgan fingerprint density at radius 3 is 2.31 bits per heavy atom. The number of rotatable bonds is 8. The summed E-state index contributed by atoms with van der Waals surface area (Å²) in [5.74, 6) is -2.26. The predicted octanol–water partition coefficient (Wildman–Crippen LogP) is 2.83. The summed E-state index contributed by atoms with van der Waals surface area (Å²) < 4.78 is 40.7. The molecule has 12 nitrogen and oxygen atoms in total. The van der Waals surface area contributed by atoms with E-state index in [1.807, 2.05) is 0 Å². The van der Waals surface area contributed by atoms with Gasteiger partial charge in [-0.2, -0.15) is 4.68 Å². The molecule has 204 valence electrons. The van der Waals surface area contributed by atoms with Crippen LogP contribution in [0.2, 0.25) is 0 Å². The maximum absolute atomic E-state index is 15.2. The van der Waals surface area contributed by atoms with E-state index in [9.17, 15) is 9.18 Å². The monoisotopic (exact) mass is 541 g/mol. The molecule has 0 amide bonds. The van der Waals surface area contributed by atoms with Crippen molar-refractivity contribution in [2.75, 3.05) is 19.5 Å². The number of halogens is 2. The van der Waals surface area contributed by atoms with Crippen LogP contribution >= 0.6 is 0 Å². The zero-order valence-electron chi connectivity index (χ0n) is 21.0. The molecule has 14 heteroatoms. The van der Waals surface area contributed by atoms with Crippen molar-refractivity contribution in [1.82, 2.24) is 19.7 Å². The number of aromatic nitrogens is 4. The predicted molar refractivity (Wildman–Crippen MR) is 138 cm³/mol. The molecule has 39 heavy (non-hydrogen) atoms. The quantitative estimate of drug-likeness (QED) is 0.165. The molecule has 0 bridgehead atoms. The summed E-state index contributed by atoms with van der Waals surface area (Å²) in [7, 11) is 2.78. The fourth-order valence-electron chi connectivity index (χ4n) is 3.44. The third-order valence-corrected chi connectivity index (χ3v) is 5.17. The number of hydrogen-bond donors (Lipinski definition) is 5. The first-order valence-corrected chi connectivity index (χ1v) is 11.2. The number of nitrogens with zero attached hydrogens (tertiary/aromatic N) is 3. The number of nitrogens with two attached hydrogens (primary N) is 1. The highest BCUT2D eigenvalue weighted by Gasteiger charge is 2.26. The van der Waals surface area contributed by atoms with Crippen LogP contribution in [0.3, 0.4) is 0 Å². The summed E-state index contributed by atoms with van der Waals surface area (Å²) in [5, 5.41) is 22.3. The van der Waals surface area contributed by atoms with Gasteiger partial charge in [-0.1, -0.05) is 0 Å². The van der Waals surface area contributed by atoms with Crippen LogP contribution in [0.15, 0.2) is 59.5 Å². The van der Waals surface area contributed by atoms with E-state index >= 15 is 4.39 Å². The summed E-state index contributed by atoms with van der Waals surface area (Å²) >= 11 is 0. The number of H-pyrrole nitrogens is 1. The van der Waals surface area contributed by atoms with Gasteiger partial charge in [-0.15, -0.1) is 5.10 Å². The maximum Gasteiger partial charge on any atom is 0.349 e. The highest BCUT2D eigenvalue weighted by molar-refractivity contribution is 5.95. The number of carbonyl (C=O) groups is 1. The van der Waals surface area contributed by atoms with Crippen LogP contribution in [0.4, 0.5) is 14.5 Å². The first-order chi connectivity index (χ1) is 18.5. The number of nitrogens with one attached hydrogen (secondary N) is 3. The third-order valence-electron chi connectivity index (χ3n) is 5.17. The number of amidine groups is 1. The van der Waals surface area contributed by atoms with Gasteiger partial charge in [0.25, 0.3) is 5.97 Å². The van der Waals surface area contributed by atoms with Gasteiger partial charge in [-0.3, -0.25) is 15.2 Å². The largest absolute Gasteiger partial charge is 0.493 e. The standard InChI is InChI=1S/C23H21F2N7O3.C2H4O2/c1-34-17-10-14(16(25)11-18(17)35-2)19(29-13-7-5-12(6-8-13)20(26)27)21-30-23(33)32(31-21)22-15(24)4-3-9-28-22;1-2(3)4/h3-11,19,29H,1-2H3,(H3,26,27)(H,30,31,33);1H3,(H,3,4)/t19-;/m0./s1. The van der Waals surface area contributed by atoms with E-state index in [-0.39, 0.29) is 34.5 Å². The van der Waals surface area contributed by atoms with Crippen molar-refractivity contribution in [3.63, 3.8) is 0 Å². The molecule has 4 rings (SSSR count). The minimum absolute atomic E-state index is 0.0122. The van der Waals surface area contributed by atoms with Crippen molar-refractivity contribution in [2.45, 2.75) is 13.0 Å². The smallest absolute Gasteiger partial charge is 0.349 e. The van der Waals surface area contributed by atoms with E-state index in [0.717, 1.165) is 23.7 Å². The number of methoxy groups -OCH3 is 2. The summed E-state index contributed by atoms with van der Waals surface area (Å²) in [4.78, 5) is 28.1. The molecule has 4 aromatic rings. The first kappa shape index (κ1) is 28.3. The Bertz CT molecular complexity index is 1530. The molecule has 0 aliphatic carbocycles. The molecule has 1 atom stereocenters. The van der Waals surface area contributed by atoms with Gasteiger partial charge in [0.1, 0.15) is 17.7 Å². The minimum atomic E-state index is -1.04. The van der Waals surface area contributed by atoms with Crippen molar-refractivity contribution in [3.8, 4) is 17.3 Å². The Labute approximate surface area is 220 Å². The molecular formula is C25H25F2N7O5. The highest BCUT2D eigenvalue weighted by atomic mass is 19.1. The Morgan fingerprint density at radius 2 is 1.74 bits per heavy atom. The van der Waals surface area contributed by atoms with Crippen LogP contribution in [-0.2, 0) is 4.79 Å². The van der Waals surface area contributed by atoms with Crippen molar-refractivity contribution < 1.29 is 28.2 Å². The molecule has 2 aromatic heterocycles. The summed E-state index contributed by atoms with van der Waals surface area (Å²) in [6.45, 7) is 1.08.